The highest BCUT2D eigenvalue weighted by molar-refractivity contribution is 6.30. The summed E-state index contributed by atoms with van der Waals surface area (Å²) in [6.07, 6.45) is 6.47. The van der Waals surface area contributed by atoms with Gasteiger partial charge in [-0.15, -0.1) is 0 Å². The Hall–Kier alpha value is -3.06. The topological polar surface area (TPSA) is 70.4 Å². The van der Waals surface area contributed by atoms with E-state index in [2.05, 4.69) is 36.7 Å². The smallest absolute Gasteiger partial charge is 0.191 e. The summed E-state index contributed by atoms with van der Waals surface area (Å²) in [6.45, 7) is 2.56. The molecule has 7 nitrogen and oxygen atoms in total. The van der Waals surface area contributed by atoms with Crippen LogP contribution < -0.4 is 15.5 Å². The monoisotopic (exact) mass is 409 g/mol. The van der Waals surface area contributed by atoms with Crippen molar-refractivity contribution < 1.29 is 0 Å². The first-order chi connectivity index (χ1) is 14.2. The van der Waals surface area contributed by atoms with Gasteiger partial charge >= 0.3 is 0 Å². The molecule has 3 heterocycles. The Morgan fingerprint density at radius 2 is 2.17 bits per heavy atom. The number of anilines is 1. The number of nitrogens with one attached hydrogen (secondary N) is 2. The van der Waals surface area contributed by atoms with Crippen LogP contribution in [0, 0.1) is 0 Å². The summed E-state index contributed by atoms with van der Waals surface area (Å²) in [7, 11) is 1.79. The molecular weight excluding hydrogens is 386 g/mol. The third kappa shape index (κ3) is 4.86. The van der Waals surface area contributed by atoms with Gasteiger partial charge in [-0.2, -0.15) is 5.10 Å². The first-order valence-electron chi connectivity index (χ1n) is 9.64. The van der Waals surface area contributed by atoms with Gasteiger partial charge in [0, 0.05) is 62.0 Å². The fraction of sp³-hybridized carbons (Fsp3) is 0.286. The maximum Gasteiger partial charge on any atom is 0.191 e. The quantitative estimate of drug-likeness (QED) is 0.501. The molecule has 150 valence electrons. The number of pyridine rings is 1. The third-order valence-corrected chi connectivity index (χ3v) is 5.17. The van der Waals surface area contributed by atoms with E-state index < -0.39 is 0 Å². The number of nitrogens with zero attached hydrogens (tertiary/aromatic N) is 5. The molecule has 1 fully saturated rings. The predicted octanol–water partition coefficient (Wildman–Crippen LogP) is 2.86. The molecule has 1 aliphatic heterocycles. The van der Waals surface area contributed by atoms with Gasteiger partial charge in [0.05, 0.1) is 0 Å². The van der Waals surface area contributed by atoms with Crippen LogP contribution in [0.1, 0.15) is 12.0 Å². The zero-order chi connectivity index (χ0) is 20.1. The average molecular weight is 410 g/mol. The van der Waals surface area contributed by atoms with Gasteiger partial charge in [0.2, 0.25) is 0 Å². The molecule has 1 unspecified atom stereocenters. The van der Waals surface area contributed by atoms with E-state index in [4.69, 9.17) is 11.6 Å². The second-order valence-electron chi connectivity index (χ2n) is 6.95. The zero-order valence-electron chi connectivity index (χ0n) is 16.3. The molecule has 4 rings (SSSR count). The maximum absolute atomic E-state index is 6.13. The van der Waals surface area contributed by atoms with Gasteiger partial charge in [-0.25, -0.2) is 9.67 Å². The second-order valence-corrected chi connectivity index (χ2v) is 7.39. The molecule has 0 amide bonds. The van der Waals surface area contributed by atoms with Crippen molar-refractivity contribution in [3.63, 3.8) is 0 Å². The lowest BCUT2D eigenvalue weighted by Gasteiger charge is -2.20. The van der Waals surface area contributed by atoms with E-state index in [1.807, 2.05) is 42.6 Å². The van der Waals surface area contributed by atoms with Gasteiger partial charge in [-0.05, 0) is 48.4 Å². The van der Waals surface area contributed by atoms with Crippen LogP contribution in [0.3, 0.4) is 0 Å². The van der Waals surface area contributed by atoms with E-state index in [-0.39, 0.29) is 0 Å². The van der Waals surface area contributed by atoms with E-state index in [1.54, 1.807) is 24.1 Å². The minimum atomic E-state index is 0.331. The number of halogens is 1. The third-order valence-electron chi connectivity index (χ3n) is 4.94. The van der Waals surface area contributed by atoms with Crippen molar-refractivity contribution in [2.45, 2.75) is 19.0 Å². The maximum atomic E-state index is 6.13. The number of rotatable bonds is 5. The number of hydrogen-bond donors (Lipinski definition) is 2. The van der Waals surface area contributed by atoms with Crippen LogP contribution in [0.5, 0.6) is 0 Å². The second kappa shape index (κ2) is 8.96. The Morgan fingerprint density at radius 1 is 1.24 bits per heavy atom. The Bertz CT molecular complexity index is 971. The van der Waals surface area contributed by atoms with E-state index in [0.29, 0.717) is 12.6 Å². The lowest BCUT2D eigenvalue weighted by molar-refractivity contribution is 0.648. The van der Waals surface area contributed by atoms with Crippen molar-refractivity contribution in [2.75, 3.05) is 25.0 Å². The summed E-state index contributed by atoms with van der Waals surface area (Å²) in [4.78, 5) is 11.1. The molecule has 0 bridgehead atoms. The van der Waals surface area contributed by atoms with Gasteiger partial charge in [0.15, 0.2) is 11.8 Å². The van der Waals surface area contributed by atoms with Crippen molar-refractivity contribution in [2.24, 2.45) is 4.99 Å². The molecule has 2 N–H and O–H groups in total. The van der Waals surface area contributed by atoms with Gasteiger partial charge in [-0.1, -0.05) is 17.7 Å². The number of aromatic nitrogens is 3. The minimum Gasteiger partial charge on any atom is -0.369 e. The molecule has 0 spiro atoms. The van der Waals surface area contributed by atoms with Gasteiger partial charge in [-0.3, -0.25) is 4.99 Å². The molecule has 8 heteroatoms. The van der Waals surface area contributed by atoms with Crippen LogP contribution in [0.4, 0.5) is 5.69 Å². The van der Waals surface area contributed by atoms with E-state index >= 15 is 0 Å². The Labute approximate surface area is 175 Å². The van der Waals surface area contributed by atoms with E-state index in [1.165, 1.54) is 0 Å². The molecule has 1 aliphatic rings. The number of benzene rings is 1. The van der Waals surface area contributed by atoms with Crippen molar-refractivity contribution in [3.8, 4) is 5.82 Å². The molecule has 2 aromatic heterocycles. The number of guanidine groups is 1. The first kappa shape index (κ1) is 19.3. The Kier molecular flexibility index (Phi) is 5.95. The summed E-state index contributed by atoms with van der Waals surface area (Å²) < 4.78 is 1.75. The fourth-order valence-electron chi connectivity index (χ4n) is 3.46. The molecule has 0 radical (unpaired) electrons. The van der Waals surface area contributed by atoms with Crippen LogP contribution in [0.2, 0.25) is 5.02 Å². The average Bonchev–Trinajstić information content (AvgIpc) is 3.44. The van der Waals surface area contributed by atoms with Crippen LogP contribution >= 0.6 is 11.6 Å². The van der Waals surface area contributed by atoms with Crippen LogP contribution in [-0.4, -0.2) is 46.9 Å². The molecular formula is C21H24ClN7. The largest absolute Gasteiger partial charge is 0.369 e. The van der Waals surface area contributed by atoms with E-state index in [9.17, 15) is 0 Å². The number of hydrogen-bond acceptors (Lipinski definition) is 4. The summed E-state index contributed by atoms with van der Waals surface area (Å²) in [6, 6.07) is 14.2. The lowest BCUT2D eigenvalue weighted by atomic mass is 10.2. The summed E-state index contributed by atoms with van der Waals surface area (Å²) in [5.41, 5.74) is 2.27. The summed E-state index contributed by atoms with van der Waals surface area (Å²) in [5, 5.41) is 11.9. The predicted molar refractivity (Wildman–Crippen MR) is 117 cm³/mol. The Balaban J connectivity index is 1.32. The molecule has 1 saturated heterocycles. The standard InChI is InChI=1S/C21H24ClN7/c1-23-21(25-14-16-6-9-24-20(12-16)29-10-3-8-26-29)27-18-7-11-28(15-18)19-5-2-4-17(22)13-19/h2-6,8-10,12-13,18H,7,11,14-15H2,1H3,(H2,23,25,27). The molecule has 1 aromatic carbocycles. The van der Waals surface area contributed by atoms with Crippen molar-refractivity contribution in [1.29, 1.82) is 0 Å². The highest BCUT2D eigenvalue weighted by Crippen LogP contribution is 2.23. The highest BCUT2D eigenvalue weighted by Gasteiger charge is 2.23. The molecule has 0 saturated carbocycles. The lowest BCUT2D eigenvalue weighted by Crippen LogP contribution is -2.44. The summed E-state index contributed by atoms with van der Waals surface area (Å²) >= 11 is 6.13. The van der Waals surface area contributed by atoms with Gasteiger partial charge in [0.1, 0.15) is 0 Å². The Morgan fingerprint density at radius 3 is 2.97 bits per heavy atom. The molecule has 29 heavy (non-hydrogen) atoms. The molecule has 1 atom stereocenters. The van der Waals surface area contributed by atoms with Crippen LogP contribution in [0.25, 0.3) is 5.82 Å². The zero-order valence-corrected chi connectivity index (χ0v) is 17.0. The summed E-state index contributed by atoms with van der Waals surface area (Å²) in [5.74, 6) is 1.59. The van der Waals surface area contributed by atoms with Gasteiger partial charge in [0.25, 0.3) is 0 Å². The number of aliphatic imine (C=N–C) groups is 1. The fourth-order valence-corrected chi connectivity index (χ4v) is 3.64. The normalized spacial score (nSPS) is 16.8. The molecule has 3 aromatic rings. The first-order valence-corrected chi connectivity index (χ1v) is 10.0. The SMILES string of the molecule is CN=C(NCc1ccnc(-n2cccn2)c1)NC1CCN(c2cccc(Cl)c2)C1. The molecule has 0 aliphatic carbocycles. The van der Waals surface area contributed by atoms with Gasteiger partial charge < -0.3 is 15.5 Å². The van der Waals surface area contributed by atoms with Crippen LogP contribution in [-0.2, 0) is 6.54 Å². The van der Waals surface area contributed by atoms with E-state index in [0.717, 1.165) is 47.6 Å². The highest BCUT2D eigenvalue weighted by atomic mass is 35.5. The van der Waals surface area contributed by atoms with Crippen molar-refractivity contribution >= 4 is 23.2 Å². The van der Waals surface area contributed by atoms with Crippen molar-refractivity contribution in [1.82, 2.24) is 25.4 Å². The minimum absolute atomic E-state index is 0.331. The van der Waals surface area contributed by atoms with Crippen LogP contribution in [0.15, 0.2) is 66.0 Å². The van der Waals surface area contributed by atoms with Crippen molar-refractivity contribution in [3.05, 3.63) is 71.6 Å².